The van der Waals surface area contributed by atoms with E-state index < -0.39 is 12.0 Å². The summed E-state index contributed by atoms with van der Waals surface area (Å²) in [6.45, 7) is 2.58. The molecular formula is C33H30FN7O3. The van der Waals surface area contributed by atoms with E-state index >= 15 is 0 Å². The van der Waals surface area contributed by atoms with Gasteiger partial charge in [0.25, 0.3) is 5.91 Å². The van der Waals surface area contributed by atoms with Gasteiger partial charge in [-0.3, -0.25) is 4.79 Å². The molecule has 1 aliphatic heterocycles. The Morgan fingerprint density at radius 2 is 1.52 bits per heavy atom. The summed E-state index contributed by atoms with van der Waals surface area (Å²) in [7, 11) is 3.37. The fourth-order valence-electron chi connectivity index (χ4n) is 4.98. The highest BCUT2D eigenvalue weighted by Gasteiger charge is 2.19. The number of anilines is 3. The largest absolute Gasteiger partial charge is 0.378 e. The molecule has 0 radical (unpaired) electrons. The van der Waals surface area contributed by atoms with E-state index in [1.807, 2.05) is 30.3 Å². The lowest BCUT2D eigenvalue weighted by atomic mass is 10.0. The molecule has 1 aliphatic rings. The topological polar surface area (TPSA) is 113 Å². The van der Waals surface area contributed by atoms with E-state index in [1.54, 1.807) is 62.6 Å². The minimum absolute atomic E-state index is 0.114. The average Bonchev–Trinajstić information content (AvgIpc) is 3.05. The fourth-order valence-corrected chi connectivity index (χ4v) is 4.98. The molecule has 0 bridgehead atoms. The van der Waals surface area contributed by atoms with Crippen molar-refractivity contribution in [3.63, 3.8) is 0 Å². The van der Waals surface area contributed by atoms with Gasteiger partial charge >= 0.3 is 6.03 Å². The second-order valence-corrected chi connectivity index (χ2v) is 10.5. The van der Waals surface area contributed by atoms with Crippen LogP contribution in [0.1, 0.15) is 10.4 Å². The number of nitrogens with one attached hydrogen (secondary N) is 2. The van der Waals surface area contributed by atoms with Gasteiger partial charge in [-0.15, -0.1) is 0 Å². The quantitative estimate of drug-likeness (QED) is 0.244. The Balaban J connectivity index is 1.25. The Morgan fingerprint density at radius 1 is 0.864 bits per heavy atom. The van der Waals surface area contributed by atoms with Crippen LogP contribution in [0.2, 0.25) is 0 Å². The van der Waals surface area contributed by atoms with Gasteiger partial charge in [0, 0.05) is 66.8 Å². The monoisotopic (exact) mass is 591 g/mol. The number of carbonyl (C=O) groups is 2. The smallest absolute Gasteiger partial charge is 0.323 e. The third kappa shape index (κ3) is 6.18. The third-order valence-corrected chi connectivity index (χ3v) is 7.25. The number of aromatic nitrogens is 3. The van der Waals surface area contributed by atoms with Crippen LogP contribution in [0.3, 0.4) is 0 Å². The Labute approximate surface area is 253 Å². The van der Waals surface area contributed by atoms with Gasteiger partial charge in [-0.05, 0) is 78.4 Å². The highest BCUT2D eigenvalue weighted by molar-refractivity contribution is 6.00. The second kappa shape index (κ2) is 12.4. The first kappa shape index (κ1) is 28.7. The van der Waals surface area contributed by atoms with Crippen LogP contribution in [-0.2, 0) is 4.74 Å². The van der Waals surface area contributed by atoms with Gasteiger partial charge in [-0.1, -0.05) is 6.07 Å². The van der Waals surface area contributed by atoms with E-state index in [0.29, 0.717) is 65.7 Å². The Bertz CT molecular complexity index is 1820. The van der Waals surface area contributed by atoms with Crippen molar-refractivity contribution in [3.8, 4) is 22.5 Å². The van der Waals surface area contributed by atoms with Gasteiger partial charge in [0.15, 0.2) is 5.82 Å². The summed E-state index contributed by atoms with van der Waals surface area (Å²) < 4.78 is 20.1. The molecule has 3 aromatic carbocycles. The number of morpholine rings is 1. The van der Waals surface area contributed by atoms with Crippen LogP contribution in [0.4, 0.5) is 26.4 Å². The maximum absolute atomic E-state index is 14.5. The van der Waals surface area contributed by atoms with E-state index in [1.165, 1.54) is 11.1 Å². The molecule has 6 rings (SSSR count). The number of amides is 3. The summed E-state index contributed by atoms with van der Waals surface area (Å²) in [5.74, 6) is 0.632. The molecular weight excluding hydrogens is 561 g/mol. The van der Waals surface area contributed by atoms with Crippen molar-refractivity contribution in [2.45, 2.75) is 0 Å². The molecule has 5 aromatic rings. The van der Waals surface area contributed by atoms with Crippen LogP contribution in [0.25, 0.3) is 33.4 Å². The van der Waals surface area contributed by atoms with Crippen molar-refractivity contribution >= 4 is 40.0 Å². The van der Waals surface area contributed by atoms with E-state index in [0.717, 1.165) is 16.8 Å². The zero-order chi connectivity index (χ0) is 30.6. The molecule has 222 valence electrons. The molecule has 0 atom stereocenters. The summed E-state index contributed by atoms with van der Waals surface area (Å²) in [5.41, 5.74) is 4.17. The summed E-state index contributed by atoms with van der Waals surface area (Å²) in [6.07, 6.45) is 1.42. The van der Waals surface area contributed by atoms with Crippen molar-refractivity contribution in [1.29, 1.82) is 0 Å². The summed E-state index contributed by atoms with van der Waals surface area (Å²) in [4.78, 5) is 42.0. The van der Waals surface area contributed by atoms with Crippen molar-refractivity contribution in [3.05, 3.63) is 96.6 Å². The molecule has 44 heavy (non-hydrogen) atoms. The van der Waals surface area contributed by atoms with Crippen molar-refractivity contribution < 1.29 is 18.7 Å². The van der Waals surface area contributed by atoms with Gasteiger partial charge in [-0.2, -0.15) is 4.39 Å². The first-order valence-electron chi connectivity index (χ1n) is 14.1. The fraction of sp³-hybridized carbons (Fsp3) is 0.182. The van der Waals surface area contributed by atoms with E-state index in [4.69, 9.17) is 14.7 Å². The number of halogens is 1. The maximum atomic E-state index is 14.5. The number of pyridine rings is 1. The molecule has 0 saturated carbocycles. The lowest BCUT2D eigenvalue weighted by Gasteiger charge is -2.29. The molecule has 0 unspecified atom stereocenters. The minimum atomic E-state index is -0.543. The van der Waals surface area contributed by atoms with E-state index in [9.17, 15) is 14.0 Å². The lowest BCUT2D eigenvalue weighted by molar-refractivity contribution is 0.0827. The summed E-state index contributed by atoms with van der Waals surface area (Å²) >= 11 is 0. The van der Waals surface area contributed by atoms with Crippen LogP contribution in [0.5, 0.6) is 0 Å². The Hall–Kier alpha value is -5.42. The molecule has 0 spiro atoms. The molecule has 10 nitrogen and oxygen atoms in total. The standard InChI is InChI=1S/C33H30FN7O3/c1-40(2)32(42)22-7-12-25(13-8-22)37-33(43)36-24-10-5-21(6-11-24)30-38-28-20-23(26-4-3-15-35-29(26)34)9-14-27(28)31(39-30)41-16-18-44-19-17-41/h3-15,20H,16-19H2,1-2H3,(H2,36,37,43). The molecule has 1 saturated heterocycles. The van der Waals surface area contributed by atoms with Gasteiger partial charge in [0.1, 0.15) is 5.82 Å². The number of rotatable bonds is 6. The van der Waals surface area contributed by atoms with Crippen LogP contribution in [-0.4, -0.2) is 72.2 Å². The Morgan fingerprint density at radius 3 is 2.18 bits per heavy atom. The zero-order valence-electron chi connectivity index (χ0n) is 24.3. The van der Waals surface area contributed by atoms with E-state index in [-0.39, 0.29) is 5.91 Å². The normalized spacial score (nSPS) is 13.0. The summed E-state index contributed by atoms with van der Waals surface area (Å²) in [6, 6.07) is 22.5. The van der Waals surface area contributed by atoms with Crippen LogP contribution in [0.15, 0.2) is 85.1 Å². The molecule has 1 fully saturated rings. The van der Waals surface area contributed by atoms with Gasteiger partial charge in [0.2, 0.25) is 5.95 Å². The van der Waals surface area contributed by atoms with Crippen molar-refractivity contribution in [2.75, 3.05) is 55.9 Å². The van der Waals surface area contributed by atoms with Crippen molar-refractivity contribution in [2.24, 2.45) is 0 Å². The number of hydrogen-bond acceptors (Lipinski definition) is 7. The average molecular weight is 592 g/mol. The van der Waals surface area contributed by atoms with Gasteiger partial charge < -0.3 is 25.2 Å². The number of hydrogen-bond donors (Lipinski definition) is 2. The van der Waals surface area contributed by atoms with Crippen molar-refractivity contribution in [1.82, 2.24) is 19.9 Å². The lowest BCUT2D eigenvalue weighted by Crippen LogP contribution is -2.37. The number of ether oxygens (including phenoxy) is 1. The number of carbonyl (C=O) groups excluding carboxylic acids is 2. The first-order valence-corrected chi connectivity index (χ1v) is 14.1. The number of nitrogens with zero attached hydrogens (tertiary/aromatic N) is 5. The number of benzene rings is 3. The van der Waals surface area contributed by atoms with Gasteiger partial charge in [-0.25, -0.2) is 19.7 Å². The van der Waals surface area contributed by atoms with Gasteiger partial charge in [0.05, 0.1) is 18.7 Å². The van der Waals surface area contributed by atoms with Crippen LogP contribution >= 0.6 is 0 Å². The highest BCUT2D eigenvalue weighted by Crippen LogP contribution is 2.32. The molecule has 3 amide bonds. The molecule has 0 aliphatic carbocycles. The van der Waals surface area contributed by atoms with Crippen LogP contribution < -0.4 is 15.5 Å². The molecule has 2 aromatic heterocycles. The van der Waals surface area contributed by atoms with E-state index in [2.05, 4.69) is 20.5 Å². The Kier molecular flexibility index (Phi) is 8.11. The first-order chi connectivity index (χ1) is 21.4. The highest BCUT2D eigenvalue weighted by atomic mass is 19.1. The van der Waals surface area contributed by atoms with Crippen LogP contribution in [0, 0.1) is 5.95 Å². The number of urea groups is 1. The third-order valence-electron chi connectivity index (χ3n) is 7.25. The zero-order valence-corrected chi connectivity index (χ0v) is 24.3. The minimum Gasteiger partial charge on any atom is -0.378 e. The molecule has 11 heteroatoms. The predicted molar refractivity (Wildman–Crippen MR) is 168 cm³/mol. The SMILES string of the molecule is CN(C)C(=O)c1ccc(NC(=O)Nc2ccc(-c3nc(N4CCOCC4)c4ccc(-c5cccnc5F)cc4n3)cc2)cc1. The predicted octanol–water partition coefficient (Wildman–Crippen LogP) is 5.68. The second-order valence-electron chi connectivity index (χ2n) is 10.5. The molecule has 3 heterocycles. The maximum Gasteiger partial charge on any atom is 0.323 e. The number of fused-ring (bicyclic) bond motifs is 1. The molecule has 2 N–H and O–H groups in total. The summed E-state index contributed by atoms with van der Waals surface area (Å²) in [5, 5.41) is 6.45.